The highest BCUT2D eigenvalue weighted by Gasteiger charge is 2.55. The number of hydrogen-bond donors (Lipinski definition) is 1. The van der Waals surface area contributed by atoms with E-state index in [9.17, 15) is 26.8 Å². The Morgan fingerprint density at radius 3 is 1.59 bits per heavy atom. The first-order valence-electron chi connectivity index (χ1n) is 14.0. The van der Waals surface area contributed by atoms with Gasteiger partial charge in [0, 0.05) is 5.92 Å². The molecule has 0 saturated heterocycles. The van der Waals surface area contributed by atoms with E-state index in [4.69, 9.17) is 61.1 Å². The third kappa shape index (κ3) is 8.03. The molecule has 12 radical (unpaired) electrons. The molecule has 1 aliphatic rings. The Labute approximate surface area is 265 Å². The Kier molecular flexibility index (Phi) is 12.5. The summed E-state index contributed by atoms with van der Waals surface area (Å²) in [5, 5.41) is -5.08. The topological polar surface area (TPSA) is 107 Å². The number of carbonyl (C=O) groups is 2. The molecule has 2 aromatic rings. The van der Waals surface area contributed by atoms with Gasteiger partial charge in [-0.2, -0.15) is 17.2 Å². The molecule has 1 saturated carbocycles. The quantitative estimate of drug-likeness (QED) is 0.150. The summed E-state index contributed by atoms with van der Waals surface area (Å²) in [6.07, 6.45) is -0.151. The molecule has 220 valence electrons. The van der Waals surface area contributed by atoms with Crippen LogP contribution >= 0.6 is 0 Å². The number of hydrogen-bond acceptors (Lipinski definition) is 6. The zero-order chi connectivity index (χ0) is 32.8. The van der Waals surface area contributed by atoms with Gasteiger partial charge in [0.25, 0.3) is 0 Å². The molecule has 0 aliphatic heterocycles. The van der Waals surface area contributed by atoms with E-state index in [2.05, 4.69) is 0 Å². The molecule has 0 heterocycles. The van der Waals surface area contributed by atoms with Gasteiger partial charge in [-0.3, -0.25) is 14.1 Å². The highest BCUT2D eigenvalue weighted by molar-refractivity contribution is 7.87. The molecule has 0 spiro atoms. The van der Waals surface area contributed by atoms with E-state index in [0.29, 0.717) is 33.6 Å². The van der Waals surface area contributed by atoms with Crippen molar-refractivity contribution in [3.63, 3.8) is 0 Å². The van der Waals surface area contributed by atoms with Crippen LogP contribution in [0.4, 0.5) is 8.78 Å². The molecule has 0 amide bonds. The number of halogens is 2. The molecular formula is C28H28B6F2O7S. The van der Waals surface area contributed by atoms with Crippen molar-refractivity contribution in [2.24, 2.45) is 17.8 Å². The molecule has 2 aromatic carbocycles. The zero-order valence-electron chi connectivity index (χ0n) is 24.1. The fourth-order valence-corrected chi connectivity index (χ4v) is 5.96. The normalized spacial score (nSPS) is 18.9. The number of carbonyl (C=O) groups excluding carboxylic acids is 2. The first kappa shape index (κ1) is 36.0. The predicted octanol–water partition coefficient (Wildman–Crippen LogP) is 1.76. The molecule has 0 aromatic heterocycles. The highest BCUT2D eigenvalue weighted by Crippen LogP contribution is 2.40. The van der Waals surface area contributed by atoms with Crippen LogP contribution in [-0.4, -0.2) is 83.7 Å². The Morgan fingerprint density at radius 2 is 1.18 bits per heavy atom. The summed E-state index contributed by atoms with van der Waals surface area (Å²) in [5.74, 6) is -5.87. The van der Waals surface area contributed by atoms with Gasteiger partial charge in [0.05, 0.1) is 59.6 Å². The van der Waals surface area contributed by atoms with E-state index in [1.165, 1.54) is 0 Å². The van der Waals surface area contributed by atoms with Gasteiger partial charge < -0.3 is 9.47 Å². The van der Waals surface area contributed by atoms with Crippen LogP contribution in [0, 0.1) is 17.8 Å². The number of benzene rings is 2. The molecule has 1 aliphatic carbocycles. The number of Topliss-reactive ketones (excluding diaryl/α,β-unsaturated/α-hetero) is 1. The summed E-state index contributed by atoms with van der Waals surface area (Å²) in [6.45, 7) is -0.153. The molecule has 3 atom stereocenters. The van der Waals surface area contributed by atoms with Crippen molar-refractivity contribution in [2.45, 2.75) is 62.4 Å². The fourth-order valence-electron chi connectivity index (χ4n) is 5.54. The summed E-state index contributed by atoms with van der Waals surface area (Å²) in [4.78, 5) is 26.3. The second kappa shape index (κ2) is 15.2. The van der Waals surface area contributed by atoms with Crippen molar-refractivity contribution in [2.75, 3.05) is 6.61 Å². The molecule has 0 bridgehead atoms. The molecule has 1 N–H and O–H groups in total. The number of esters is 1. The van der Waals surface area contributed by atoms with Crippen LogP contribution in [0.5, 0.6) is 11.5 Å². The number of ether oxygens (including phenoxy) is 2. The summed E-state index contributed by atoms with van der Waals surface area (Å²) >= 11 is 0. The van der Waals surface area contributed by atoms with Crippen LogP contribution in [0.15, 0.2) is 24.3 Å². The maximum atomic E-state index is 14.5. The van der Waals surface area contributed by atoms with Gasteiger partial charge in [0.1, 0.15) is 11.5 Å². The highest BCUT2D eigenvalue weighted by atomic mass is 32.2. The van der Waals surface area contributed by atoms with Gasteiger partial charge in [-0.1, -0.05) is 73.3 Å². The van der Waals surface area contributed by atoms with Crippen LogP contribution in [0.2, 0.25) is 0 Å². The SMILES string of the molecule is [B]Cc1cc(C[B])c(OCC2CC(C(=O)Oc3c(C[B])cc(C[B])cc3C[B])CC(C(=O)C(F)(F)S(=O)(=O)O)C2)c(C[B])c1. The Hall–Kier alpha value is -2.46. The standard InChI is InChI=1S/C28H28B6F2O7S/c29-8-15-1-20(10-31)24(21(2-15)11-32)42-14-17-5-18(26(37)28(35,36)44(39,40)41)7-19(6-17)27(38)43-25-22(12-33)3-16(9-30)4-23(25)13-34/h1-4,17-19H,5-14H2,(H,39,40,41). The lowest BCUT2D eigenvalue weighted by Crippen LogP contribution is -2.45. The minimum atomic E-state index is -6.07. The fraction of sp³-hybridized carbons (Fsp3) is 0.500. The largest absolute Gasteiger partial charge is 0.493 e. The van der Waals surface area contributed by atoms with Crippen LogP contribution in [0.3, 0.4) is 0 Å². The first-order chi connectivity index (χ1) is 20.7. The predicted molar refractivity (Wildman–Crippen MR) is 167 cm³/mol. The molecule has 7 nitrogen and oxygen atoms in total. The molecule has 3 rings (SSSR count). The second-order valence-electron chi connectivity index (χ2n) is 10.8. The van der Waals surface area contributed by atoms with Crippen molar-refractivity contribution < 1.29 is 40.8 Å². The maximum Gasteiger partial charge on any atom is 0.426 e. The summed E-state index contributed by atoms with van der Waals surface area (Å²) in [7, 11) is 29.0. The second-order valence-corrected chi connectivity index (χ2v) is 12.2. The summed E-state index contributed by atoms with van der Waals surface area (Å²) < 4.78 is 72.5. The van der Waals surface area contributed by atoms with Crippen molar-refractivity contribution in [1.82, 2.24) is 0 Å². The van der Waals surface area contributed by atoms with Gasteiger partial charge in [0.2, 0.25) is 5.78 Å². The van der Waals surface area contributed by atoms with Crippen molar-refractivity contribution in [1.29, 1.82) is 0 Å². The smallest absolute Gasteiger partial charge is 0.426 e. The number of alkyl halides is 2. The lowest BCUT2D eigenvalue weighted by molar-refractivity contribution is -0.146. The summed E-state index contributed by atoms with van der Waals surface area (Å²) in [5.41, 5.74) is 3.53. The van der Waals surface area contributed by atoms with Gasteiger partial charge in [0.15, 0.2) is 0 Å². The van der Waals surface area contributed by atoms with Crippen molar-refractivity contribution in [3.05, 3.63) is 57.6 Å². The Bertz CT molecular complexity index is 1420. The van der Waals surface area contributed by atoms with Crippen LogP contribution in [-0.2, 0) is 57.6 Å². The molecule has 44 heavy (non-hydrogen) atoms. The van der Waals surface area contributed by atoms with E-state index < -0.39 is 51.3 Å². The molecule has 16 heteroatoms. The summed E-state index contributed by atoms with van der Waals surface area (Å²) in [6, 6.07) is 6.79. The van der Waals surface area contributed by atoms with Crippen molar-refractivity contribution in [3.8, 4) is 11.5 Å². The lowest BCUT2D eigenvalue weighted by atomic mass is 9.73. The van der Waals surface area contributed by atoms with Crippen LogP contribution in [0.25, 0.3) is 0 Å². The van der Waals surface area contributed by atoms with Crippen LogP contribution < -0.4 is 9.47 Å². The Balaban J connectivity index is 1.95. The van der Waals surface area contributed by atoms with Gasteiger partial charge in [-0.25, -0.2) is 0 Å². The molecular weight excluding hydrogens is 583 g/mol. The monoisotopic (exact) mass is 612 g/mol. The average molecular weight is 611 g/mol. The van der Waals surface area contributed by atoms with Gasteiger partial charge in [-0.15, -0.1) is 0 Å². The lowest BCUT2D eigenvalue weighted by Gasteiger charge is -2.34. The zero-order valence-corrected chi connectivity index (χ0v) is 25.0. The molecule has 1 fully saturated rings. The Morgan fingerprint density at radius 1 is 0.750 bits per heavy atom. The number of ketones is 1. The third-order valence-electron chi connectivity index (χ3n) is 7.74. The van der Waals surface area contributed by atoms with Gasteiger partial charge >= 0.3 is 21.3 Å². The van der Waals surface area contributed by atoms with E-state index in [1.54, 1.807) is 24.3 Å². The minimum Gasteiger partial charge on any atom is -0.493 e. The van der Waals surface area contributed by atoms with E-state index in [-0.39, 0.29) is 63.1 Å². The third-order valence-corrected chi connectivity index (χ3v) is 8.59. The minimum absolute atomic E-state index is 0.0256. The van der Waals surface area contributed by atoms with Crippen LogP contribution in [0.1, 0.15) is 52.6 Å². The van der Waals surface area contributed by atoms with E-state index in [0.717, 1.165) is 5.56 Å². The molecule has 3 unspecified atom stereocenters. The van der Waals surface area contributed by atoms with Gasteiger partial charge in [-0.05, 0) is 47.4 Å². The first-order valence-corrected chi connectivity index (χ1v) is 15.4. The van der Waals surface area contributed by atoms with Crippen molar-refractivity contribution >= 4 is 68.9 Å². The average Bonchev–Trinajstić information content (AvgIpc) is 3.01. The number of rotatable bonds is 14. The van der Waals surface area contributed by atoms with E-state index >= 15 is 0 Å². The maximum absolute atomic E-state index is 14.5. The van der Waals surface area contributed by atoms with E-state index in [1.807, 2.05) is 0 Å².